The lowest BCUT2D eigenvalue weighted by Gasteiger charge is -2.21. The monoisotopic (exact) mass is 238 g/mol. The summed E-state index contributed by atoms with van der Waals surface area (Å²) < 4.78 is 0. The molecule has 16 heavy (non-hydrogen) atoms. The molecule has 0 saturated heterocycles. The third-order valence-corrected chi connectivity index (χ3v) is 4.76. The van der Waals surface area contributed by atoms with Crippen LogP contribution in [0.4, 0.5) is 0 Å². The van der Waals surface area contributed by atoms with Gasteiger partial charge in [0.25, 0.3) is 0 Å². The van der Waals surface area contributed by atoms with Crippen molar-refractivity contribution in [1.82, 2.24) is 10.3 Å². The van der Waals surface area contributed by atoms with E-state index >= 15 is 0 Å². The molecule has 90 valence electrons. The van der Waals surface area contributed by atoms with Gasteiger partial charge >= 0.3 is 0 Å². The SMILES string of the molecule is CCNC(c1nc2c(s1)CCC2)C(C)CC. The maximum Gasteiger partial charge on any atom is 0.110 e. The number of fused-ring (bicyclic) bond motifs is 1. The Balaban J connectivity index is 2.17. The number of aromatic nitrogens is 1. The van der Waals surface area contributed by atoms with Gasteiger partial charge in [-0.05, 0) is 31.7 Å². The first kappa shape index (κ1) is 12.1. The Morgan fingerprint density at radius 3 is 2.81 bits per heavy atom. The van der Waals surface area contributed by atoms with E-state index in [0.29, 0.717) is 12.0 Å². The minimum Gasteiger partial charge on any atom is -0.308 e. The van der Waals surface area contributed by atoms with Crippen molar-refractivity contribution in [3.63, 3.8) is 0 Å². The third kappa shape index (κ3) is 2.30. The molecule has 1 aliphatic rings. The van der Waals surface area contributed by atoms with E-state index in [-0.39, 0.29) is 0 Å². The first-order chi connectivity index (χ1) is 7.76. The minimum atomic E-state index is 0.464. The van der Waals surface area contributed by atoms with Crippen molar-refractivity contribution in [2.75, 3.05) is 6.54 Å². The van der Waals surface area contributed by atoms with Gasteiger partial charge in [0, 0.05) is 4.88 Å². The highest BCUT2D eigenvalue weighted by molar-refractivity contribution is 7.11. The number of nitrogens with zero attached hydrogens (tertiary/aromatic N) is 1. The van der Waals surface area contributed by atoms with E-state index in [4.69, 9.17) is 4.98 Å². The van der Waals surface area contributed by atoms with E-state index in [9.17, 15) is 0 Å². The van der Waals surface area contributed by atoms with Crippen LogP contribution in [0.3, 0.4) is 0 Å². The average Bonchev–Trinajstić information content (AvgIpc) is 2.84. The van der Waals surface area contributed by atoms with Crippen molar-refractivity contribution in [3.05, 3.63) is 15.6 Å². The van der Waals surface area contributed by atoms with Gasteiger partial charge in [-0.3, -0.25) is 0 Å². The fourth-order valence-electron chi connectivity index (χ4n) is 2.33. The minimum absolute atomic E-state index is 0.464. The van der Waals surface area contributed by atoms with Crippen LogP contribution in [0.1, 0.15) is 55.2 Å². The Morgan fingerprint density at radius 1 is 1.38 bits per heavy atom. The highest BCUT2D eigenvalue weighted by atomic mass is 32.1. The lowest BCUT2D eigenvalue weighted by Crippen LogP contribution is -2.26. The molecule has 1 N–H and O–H groups in total. The molecule has 2 unspecified atom stereocenters. The molecule has 1 aliphatic carbocycles. The number of rotatable bonds is 5. The zero-order valence-corrected chi connectivity index (χ0v) is 11.4. The van der Waals surface area contributed by atoms with Crippen LogP contribution in [-0.2, 0) is 12.8 Å². The Bertz CT molecular complexity index is 324. The number of hydrogen-bond donors (Lipinski definition) is 1. The molecule has 0 saturated carbocycles. The summed E-state index contributed by atoms with van der Waals surface area (Å²) in [6, 6.07) is 0.464. The molecule has 2 rings (SSSR count). The van der Waals surface area contributed by atoms with Gasteiger partial charge in [0.1, 0.15) is 5.01 Å². The van der Waals surface area contributed by atoms with Crippen LogP contribution < -0.4 is 5.32 Å². The molecule has 2 atom stereocenters. The topological polar surface area (TPSA) is 24.9 Å². The summed E-state index contributed by atoms with van der Waals surface area (Å²) in [6.07, 6.45) is 4.98. The van der Waals surface area contributed by atoms with Crippen molar-refractivity contribution < 1.29 is 0 Å². The van der Waals surface area contributed by atoms with Crippen LogP contribution in [0.25, 0.3) is 0 Å². The zero-order chi connectivity index (χ0) is 11.5. The summed E-state index contributed by atoms with van der Waals surface area (Å²) in [4.78, 5) is 6.38. The van der Waals surface area contributed by atoms with Crippen LogP contribution in [0.5, 0.6) is 0 Å². The molecule has 0 spiro atoms. The molecule has 3 heteroatoms. The lowest BCUT2D eigenvalue weighted by molar-refractivity contribution is 0.382. The number of nitrogens with one attached hydrogen (secondary N) is 1. The van der Waals surface area contributed by atoms with E-state index in [0.717, 1.165) is 6.54 Å². The van der Waals surface area contributed by atoms with Gasteiger partial charge in [-0.1, -0.05) is 27.2 Å². The van der Waals surface area contributed by atoms with Crippen LogP contribution in [0.2, 0.25) is 0 Å². The molecule has 0 bridgehead atoms. The van der Waals surface area contributed by atoms with Crippen molar-refractivity contribution in [2.45, 2.75) is 52.5 Å². The van der Waals surface area contributed by atoms with Gasteiger partial charge in [-0.15, -0.1) is 11.3 Å². The van der Waals surface area contributed by atoms with Gasteiger partial charge in [0.2, 0.25) is 0 Å². The average molecular weight is 238 g/mol. The van der Waals surface area contributed by atoms with Crippen LogP contribution in [-0.4, -0.2) is 11.5 Å². The fraction of sp³-hybridized carbons (Fsp3) is 0.769. The molecule has 0 amide bonds. The van der Waals surface area contributed by atoms with Gasteiger partial charge in [-0.2, -0.15) is 0 Å². The summed E-state index contributed by atoms with van der Waals surface area (Å²) >= 11 is 1.94. The summed E-state index contributed by atoms with van der Waals surface area (Å²) in [7, 11) is 0. The van der Waals surface area contributed by atoms with Gasteiger partial charge in [0.15, 0.2) is 0 Å². The van der Waals surface area contributed by atoms with Gasteiger partial charge in [0.05, 0.1) is 11.7 Å². The molecule has 0 radical (unpaired) electrons. The first-order valence-corrected chi connectivity index (χ1v) is 7.29. The standard InChI is InChI=1S/C13H22N2S/c1-4-9(3)12(14-5-2)13-15-10-7-6-8-11(10)16-13/h9,12,14H,4-8H2,1-3H3. The number of hydrogen-bond acceptors (Lipinski definition) is 3. The molecular formula is C13H22N2S. The molecular weight excluding hydrogens is 216 g/mol. The van der Waals surface area contributed by atoms with Gasteiger partial charge < -0.3 is 5.32 Å². The summed E-state index contributed by atoms with van der Waals surface area (Å²) in [5.41, 5.74) is 1.38. The first-order valence-electron chi connectivity index (χ1n) is 6.48. The second kappa shape index (κ2) is 5.28. The van der Waals surface area contributed by atoms with E-state index in [1.54, 1.807) is 4.88 Å². The Labute approximate surface area is 102 Å². The second-order valence-corrected chi connectivity index (χ2v) is 5.81. The van der Waals surface area contributed by atoms with E-state index in [2.05, 4.69) is 26.1 Å². The highest BCUT2D eigenvalue weighted by Gasteiger charge is 2.24. The molecule has 1 aromatic rings. The molecule has 2 nitrogen and oxygen atoms in total. The largest absolute Gasteiger partial charge is 0.308 e. The second-order valence-electron chi connectivity index (χ2n) is 4.70. The molecule has 0 aromatic carbocycles. The maximum atomic E-state index is 4.83. The molecule has 0 fully saturated rings. The predicted molar refractivity (Wildman–Crippen MR) is 70.0 cm³/mol. The Hall–Kier alpha value is -0.410. The number of aryl methyl sites for hydroxylation is 2. The lowest BCUT2D eigenvalue weighted by atomic mass is 10.00. The smallest absolute Gasteiger partial charge is 0.110 e. The normalized spacial score (nSPS) is 18.4. The van der Waals surface area contributed by atoms with Crippen molar-refractivity contribution in [2.24, 2.45) is 5.92 Å². The predicted octanol–water partition coefficient (Wildman–Crippen LogP) is 3.33. The summed E-state index contributed by atoms with van der Waals surface area (Å²) in [5, 5.41) is 4.91. The van der Waals surface area contributed by atoms with E-state index in [1.165, 1.54) is 36.4 Å². The van der Waals surface area contributed by atoms with Crippen LogP contribution in [0, 0.1) is 5.92 Å². The third-order valence-electron chi connectivity index (χ3n) is 3.52. The van der Waals surface area contributed by atoms with E-state index < -0.39 is 0 Å². The van der Waals surface area contributed by atoms with Crippen molar-refractivity contribution in [1.29, 1.82) is 0 Å². The molecule has 0 aliphatic heterocycles. The zero-order valence-electron chi connectivity index (χ0n) is 10.5. The van der Waals surface area contributed by atoms with Crippen molar-refractivity contribution >= 4 is 11.3 Å². The summed E-state index contributed by atoms with van der Waals surface area (Å²) in [6.45, 7) is 7.78. The van der Waals surface area contributed by atoms with Crippen LogP contribution in [0.15, 0.2) is 0 Å². The molecule has 1 heterocycles. The quantitative estimate of drug-likeness (QED) is 0.851. The molecule has 1 aromatic heterocycles. The van der Waals surface area contributed by atoms with E-state index in [1.807, 2.05) is 11.3 Å². The Morgan fingerprint density at radius 2 is 2.19 bits per heavy atom. The van der Waals surface area contributed by atoms with Crippen LogP contribution >= 0.6 is 11.3 Å². The number of thiazole rings is 1. The van der Waals surface area contributed by atoms with Crippen molar-refractivity contribution in [3.8, 4) is 0 Å². The Kier molecular flexibility index (Phi) is 3.98. The van der Waals surface area contributed by atoms with Gasteiger partial charge in [-0.25, -0.2) is 4.98 Å². The summed E-state index contributed by atoms with van der Waals surface area (Å²) in [5.74, 6) is 0.672. The highest BCUT2D eigenvalue weighted by Crippen LogP contribution is 2.33. The maximum absolute atomic E-state index is 4.83. The fourth-order valence-corrected chi connectivity index (χ4v) is 3.69.